The molecule has 0 spiro atoms. The lowest BCUT2D eigenvalue weighted by Crippen LogP contribution is -2.01. The third kappa shape index (κ3) is 1.63. The number of hydrogen-bond donors (Lipinski definition) is 1. The molecule has 78 valence electrons. The molecule has 0 aliphatic carbocycles. The molecule has 1 heterocycles. The molecule has 0 saturated heterocycles. The highest BCUT2D eigenvalue weighted by atomic mass is 32.1. The van der Waals surface area contributed by atoms with Crippen molar-refractivity contribution in [3.63, 3.8) is 0 Å². The van der Waals surface area contributed by atoms with E-state index in [2.05, 4.69) is 48.2 Å². The molecule has 1 atom stereocenters. The van der Waals surface area contributed by atoms with Crippen LogP contribution in [-0.2, 0) is 0 Å². The fraction of sp³-hybridized carbons (Fsp3) is 0.250. The molecule has 1 aromatic carbocycles. The number of hydrogen-bond acceptors (Lipinski definition) is 1. The minimum Gasteiger partial charge on any atom is -0.331 e. The largest absolute Gasteiger partial charge is 0.331 e. The van der Waals surface area contributed by atoms with E-state index < -0.39 is 0 Å². The number of imidazole rings is 1. The SMILES string of the molecule is C=CC(C)n1c(=S)[nH]c2cc(C)ccc21. The van der Waals surface area contributed by atoms with Crippen LogP contribution in [0.25, 0.3) is 11.0 Å². The molecular weight excluding hydrogens is 204 g/mol. The molecule has 3 heteroatoms. The van der Waals surface area contributed by atoms with Crippen molar-refractivity contribution in [2.75, 3.05) is 0 Å². The predicted molar refractivity (Wildman–Crippen MR) is 66.8 cm³/mol. The van der Waals surface area contributed by atoms with Gasteiger partial charge in [0.1, 0.15) is 0 Å². The molecule has 0 saturated carbocycles. The van der Waals surface area contributed by atoms with Gasteiger partial charge in [-0.25, -0.2) is 0 Å². The molecule has 0 aliphatic heterocycles. The Hall–Kier alpha value is -1.35. The second-order valence-electron chi connectivity index (χ2n) is 3.80. The summed E-state index contributed by atoms with van der Waals surface area (Å²) in [5, 5.41) is 0. The highest BCUT2D eigenvalue weighted by Crippen LogP contribution is 2.20. The first kappa shape index (κ1) is 10.2. The van der Waals surface area contributed by atoms with Gasteiger partial charge < -0.3 is 9.55 Å². The Balaban J connectivity index is 2.79. The smallest absolute Gasteiger partial charge is 0.178 e. The lowest BCUT2D eigenvalue weighted by molar-refractivity contribution is 0.673. The van der Waals surface area contributed by atoms with Gasteiger partial charge in [0.2, 0.25) is 0 Å². The second kappa shape index (κ2) is 3.66. The fourth-order valence-electron chi connectivity index (χ4n) is 1.75. The first-order valence-electron chi connectivity index (χ1n) is 4.97. The van der Waals surface area contributed by atoms with E-state index in [-0.39, 0.29) is 6.04 Å². The molecule has 15 heavy (non-hydrogen) atoms. The van der Waals surface area contributed by atoms with Crippen molar-refractivity contribution in [1.29, 1.82) is 0 Å². The normalized spacial score (nSPS) is 12.9. The van der Waals surface area contributed by atoms with Crippen molar-refractivity contribution in [3.05, 3.63) is 41.2 Å². The third-order valence-corrected chi connectivity index (χ3v) is 2.92. The van der Waals surface area contributed by atoms with Crippen LogP contribution in [0.15, 0.2) is 30.9 Å². The molecular formula is C12H14N2S. The number of aryl methyl sites for hydroxylation is 1. The Bertz CT molecular complexity index is 562. The average molecular weight is 218 g/mol. The van der Waals surface area contributed by atoms with Crippen LogP contribution in [-0.4, -0.2) is 9.55 Å². The second-order valence-corrected chi connectivity index (χ2v) is 4.18. The Labute approximate surface area is 94.2 Å². The number of benzene rings is 1. The molecule has 0 radical (unpaired) electrons. The predicted octanol–water partition coefficient (Wildman–Crippen LogP) is 3.75. The summed E-state index contributed by atoms with van der Waals surface area (Å²) in [5.41, 5.74) is 3.46. The van der Waals surface area contributed by atoms with Crippen molar-refractivity contribution in [2.24, 2.45) is 0 Å². The standard InChI is InChI=1S/C12H14N2S/c1-4-9(3)14-11-6-5-8(2)7-10(11)13-12(14)15/h4-7,9H,1H2,2-3H3,(H,13,15). The van der Waals surface area contributed by atoms with Crippen molar-refractivity contribution in [2.45, 2.75) is 19.9 Å². The number of nitrogens with one attached hydrogen (secondary N) is 1. The number of rotatable bonds is 2. The quantitative estimate of drug-likeness (QED) is 0.601. The van der Waals surface area contributed by atoms with Gasteiger partial charge in [-0.05, 0) is 43.8 Å². The number of fused-ring (bicyclic) bond motifs is 1. The van der Waals surface area contributed by atoms with E-state index >= 15 is 0 Å². The van der Waals surface area contributed by atoms with Gasteiger partial charge in [0.25, 0.3) is 0 Å². The maximum atomic E-state index is 5.30. The molecule has 1 unspecified atom stereocenters. The number of allylic oxidation sites excluding steroid dienone is 1. The molecule has 0 fully saturated rings. The van der Waals surface area contributed by atoms with E-state index in [4.69, 9.17) is 12.2 Å². The lowest BCUT2D eigenvalue weighted by atomic mass is 10.2. The number of nitrogens with zero attached hydrogens (tertiary/aromatic N) is 1. The maximum Gasteiger partial charge on any atom is 0.178 e. The summed E-state index contributed by atoms with van der Waals surface area (Å²) in [7, 11) is 0. The Morgan fingerprint density at radius 1 is 1.53 bits per heavy atom. The molecule has 2 aromatic rings. The van der Waals surface area contributed by atoms with E-state index in [1.54, 1.807) is 0 Å². The van der Waals surface area contributed by atoms with Crippen LogP contribution in [0.2, 0.25) is 0 Å². The van der Waals surface area contributed by atoms with Crippen molar-refractivity contribution in [1.82, 2.24) is 9.55 Å². The summed E-state index contributed by atoms with van der Waals surface area (Å²) in [6.07, 6.45) is 1.89. The van der Waals surface area contributed by atoms with Crippen LogP contribution in [0, 0.1) is 11.7 Å². The topological polar surface area (TPSA) is 20.7 Å². The lowest BCUT2D eigenvalue weighted by Gasteiger charge is -2.09. The first-order chi connectivity index (χ1) is 7.13. The van der Waals surface area contributed by atoms with E-state index in [9.17, 15) is 0 Å². The molecule has 1 N–H and O–H groups in total. The summed E-state index contributed by atoms with van der Waals surface area (Å²) in [6, 6.07) is 6.51. The van der Waals surface area contributed by atoms with Gasteiger partial charge >= 0.3 is 0 Å². The van der Waals surface area contributed by atoms with Gasteiger partial charge in [-0.3, -0.25) is 0 Å². The van der Waals surface area contributed by atoms with Crippen LogP contribution >= 0.6 is 12.2 Å². The van der Waals surface area contributed by atoms with E-state index in [1.165, 1.54) is 5.56 Å². The Morgan fingerprint density at radius 2 is 2.27 bits per heavy atom. The number of aromatic amines is 1. The molecule has 1 aromatic heterocycles. The highest BCUT2D eigenvalue weighted by Gasteiger charge is 2.07. The minimum absolute atomic E-state index is 0.217. The third-order valence-electron chi connectivity index (χ3n) is 2.62. The Morgan fingerprint density at radius 3 is 2.93 bits per heavy atom. The highest BCUT2D eigenvalue weighted by molar-refractivity contribution is 7.71. The fourth-order valence-corrected chi connectivity index (χ4v) is 2.13. The van der Waals surface area contributed by atoms with E-state index in [0.29, 0.717) is 0 Å². The molecule has 0 amide bonds. The molecule has 2 nitrogen and oxygen atoms in total. The van der Waals surface area contributed by atoms with Crippen LogP contribution in [0.1, 0.15) is 18.5 Å². The first-order valence-corrected chi connectivity index (χ1v) is 5.37. The zero-order valence-corrected chi connectivity index (χ0v) is 9.77. The van der Waals surface area contributed by atoms with Gasteiger partial charge in [-0.1, -0.05) is 12.1 Å². The van der Waals surface area contributed by atoms with Crippen LogP contribution < -0.4 is 0 Å². The van der Waals surface area contributed by atoms with Crippen molar-refractivity contribution >= 4 is 23.3 Å². The van der Waals surface area contributed by atoms with Gasteiger partial charge in [0.05, 0.1) is 17.1 Å². The van der Waals surface area contributed by atoms with E-state index in [1.807, 2.05) is 6.08 Å². The number of aromatic nitrogens is 2. The van der Waals surface area contributed by atoms with Crippen LogP contribution in [0.4, 0.5) is 0 Å². The summed E-state index contributed by atoms with van der Waals surface area (Å²) in [4.78, 5) is 3.21. The van der Waals surface area contributed by atoms with Crippen molar-refractivity contribution in [3.8, 4) is 0 Å². The van der Waals surface area contributed by atoms with E-state index in [0.717, 1.165) is 15.8 Å². The van der Waals surface area contributed by atoms with Crippen LogP contribution in [0.5, 0.6) is 0 Å². The summed E-state index contributed by atoms with van der Waals surface area (Å²) >= 11 is 5.30. The summed E-state index contributed by atoms with van der Waals surface area (Å²) in [5.74, 6) is 0. The van der Waals surface area contributed by atoms with Gasteiger partial charge in [0, 0.05) is 0 Å². The Kier molecular flexibility index (Phi) is 2.49. The van der Waals surface area contributed by atoms with Gasteiger partial charge in [0.15, 0.2) is 4.77 Å². The van der Waals surface area contributed by atoms with Crippen molar-refractivity contribution < 1.29 is 0 Å². The summed E-state index contributed by atoms with van der Waals surface area (Å²) < 4.78 is 2.83. The number of H-pyrrole nitrogens is 1. The molecule has 2 rings (SSSR count). The zero-order valence-electron chi connectivity index (χ0n) is 8.95. The monoisotopic (exact) mass is 218 g/mol. The summed E-state index contributed by atoms with van der Waals surface area (Å²) in [6.45, 7) is 7.95. The maximum absolute atomic E-state index is 5.30. The zero-order chi connectivity index (χ0) is 11.0. The van der Waals surface area contributed by atoms with Crippen LogP contribution in [0.3, 0.4) is 0 Å². The average Bonchev–Trinajstić information content (AvgIpc) is 2.52. The molecule has 0 bridgehead atoms. The van der Waals surface area contributed by atoms with Gasteiger partial charge in [-0.2, -0.15) is 0 Å². The van der Waals surface area contributed by atoms with Gasteiger partial charge in [-0.15, -0.1) is 6.58 Å². The minimum atomic E-state index is 0.217. The molecule has 0 aliphatic rings.